The fourth-order valence-electron chi connectivity index (χ4n) is 2.22. The Balaban J connectivity index is 1.74. The summed E-state index contributed by atoms with van der Waals surface area (Å²) in [6.45, 7) is 2.32. The van der Waals surface area contributed by atoms with Crippen LogP contribution in [0.15, 0.2) is 59.3 Å². The van der Waals surface area contributed by atoms with Gasteiger partial charge in [-0.25, -0.2) is 9.97 Å². The molecule has 2 heterocycles. The summed E-state index contributed by atoms with van der Waals surface area (Å²) in [5.41, 5.74) is 2.02. The number of carbonyl (C=O) groups excluding carboxylic acids is 1. The van der Waals surface area contributed by atoms with Gasteiger partial charge in [-0.2, -0.15) is 0 Å². The Morgan fingerprint density at radius 3 is 2.76 bits per heavy atom. The number of carbonyl (C=O) groups is 1. The molecular weight excluding hydrogens is 382 g/mol. The second-order valence-electron chi connectivity index (χ2n) is 5.33. The van der Waals surface area contributed by atoms with E-state index in [4.69, 9.17) is 0 Å². The molecule has 0 spiro atoms. The molecule has 126 valence electrons. The van der Waals surface area contributed by atoms with Crippen molar-refractivity contribution in [2.45, 2.75) is 13.5 Å². The zero-order chi connectivity index (χ0) is 17.6. The fourth-order valence-corrected chi connectivity index (χ4v) is 2.60. The van der Waals surface area contributed by atoms with Crippen molar-refractivity contribution in [2.75, 3.05) is 10.6 Å². The SMILES string of the molecule is Cc1nc(NCc2cccnc2)cc(C(=O)Nc2ccccc2Br)n1. The summed E-state index contributed by atoms with van der Waals surface area (Å²) in [4.78, 5) is 25.1. The van der Waals surface area contributed by atoms with Gasteiger partial charge in [-0.05, 0) is 46.6 Å². The van der Waals surface area contributed by atoms with Gasteiger partial charge in [0, 0.05) is 29.5 Å². The lowest BCUT2D eigenvalue weighted by Crippen LogP contribution is -2.16. The van der Waals surface area contributed by atoms with E-state index >= 15 is 0 Å². The normalized spacial score (nSPS) is 10.3. The number of benzene rings is 1. The van der Waals surface area contributed by atoms with Crippen molar-refractivity contribution in [3.63, 3.8) is 0 Å². The number of hydrogen-bond acceptors (Lipinski definition) is 5. The predicted molar refractivity (Wildman–Crippen MR) is 100 cm³/mol. The van der Waals surface area contributed by atoms with Crippen molar-refractivity contribution >= 4 is 33.3 Å². The van der Waals surface area contributed by atoms with Crippen molar-refractivity contribution in [3.8, 4) is 0 Å². The second-order valence-corrected chi connectivity index (χ2v) is 6.19. The molecule has 3 rings (SSSR count). The summed E-state index contributed by atoms with van der Waals surface area (Å²) in [6, 6.07) is 12.9. The van der Waals surface area contributed by atoms with Crippen LogP contribution in [0.25, 0.3) is 0 Å². The molecule has 0 aliphatic rings. The molecule has 2 aromatic heterocycles. The van der Waals surface area contributed by atoms with E-state index in [1.165, 1.54) is 0 Å². The highest BCUT2D eigenvalue weighted by molar-refractivity contribution is 9.10. The van der Waals surface area contributed by atoms with E-state index in [2.05, 4.69) is 41.5 Å². The van der Waals surface area contributed by atoms with Gasteiger partial charge in [-0.15, -0.1) is 0 Å². The zero-order valence-corrected chi connectivity index (χ0v) is 15.1. The number of halogens is 1. The summed E-state index contributed by atoms with van der Waals surface area (Å²) in [6.07, 6.45) is 3.50. The molecule has 6 nitrogen and oxygen atoms in total. The predicted octanol–water partition coefficient (Wildman–Crippen LogP) is 3.81. The average molecular weight is 398 g/mol. The Hall–Kier alpha value is -2.80. The van der Waals surface area contributed by atoms with Crippen LogP contribution in [0.4, 0.5) is 11.5 Å². The highest BCUT2D eigenvalue weighted by atomic mass is 79.9. The van der Waals surface area contributed by atoms with Gasteiger partial charge in [0.1, 0.15) is 17.3 Å². The number of anilines is 2. The molecule has 0 atom stereocenters. The molecule has 7 heteroatoms. The summed E-state index contributed by atoms with van der Waals surface area (Å²) in [7, 11) is 0. The molecule has 0 unspecified atom stereocenters. The van der Waals surface area contributed by atoms with Crippen molar-refractivity contribution in [1.82, 2.24) is 15.0 Å². The Kier molecular flexibility index (Phi) is 5.35. The van der Waals surface area contributed by atoms with Crippen LogP contribution in [0.5, 0.6) is 0 Å². The van der Waals surface area contributed by atoms with Gasteiger partial charge in [0.2, 0.25) is 0 Å². The molecule has 0 radical (unpaired) electrons. The summed E-state index contributed by atoms with van der Waals surface area (Å²) in [5, 5.41) is 6.03. The van der Waals surface area contributed by atoms with E-state index in [1.807, 2.05) is 36.4 Å². The first-order chi connectivity index (χ1) is 12.1. The molecule has 0 bridgehead atoms. The quantitative estimate of drug-likeness (QED) is 0.684. The third-order valence-electron chi connectivity index (χ3n) is 3.39. The minimum atomic E-state index is -0.290. The van der Waals surface area contributed by atoms with E-state index in [-0.39, 0.29) is 5.91 Å². The summed E-state index contributed by atoms with van der Waals surface area (Å²) >= 11 is 3.41. The lowest BCUT2D eigenvalue weighted by Gasteiger charge is -2.10. The molecule has 0 fully saturated rings. The Labute approximate surface area is 153 Å². The zero-order valence-electron chi connectivity index (χ0n) is 13.5. The minimum absolute atomic E-state index is 0.290. The molecule has 0 saturated heterocycles. The van der Waals surface area contributed by atoms with Crippen molar-refractivity contribution in [2.24, 2.45) is 0 Å². The molecule has 0 aliphatic heterocycles. The minimum Gasteiger partial charge on any atom is -0.366 e. The molecule has 1 amide bonds. The molecule has 3 aromatic rings. The number of aromatic nitrogens is 3. The van der Waals surface area contributed by atoms with E-state index in [9.17, 15) is 4.79 Å². The van der Waals surface area contributed by atoms with Crippen LogP contribution in [-0.4, -0.2) is 20.9 Å². The third kappa shape index (κ3) is 4.60. The molecule has 1 aromatic carbocycles. The average Bonchev–Trinajstić information content (AvgIpc) is 2.62. The smallest absolute Gasteiger partial charge is 0.274 e. The Morgan fingerprint density at radius 2 is 2.00 bits per heavy atom. The maximum atomic E-state index is 12.5. The number of rotatable bonds is 5. The van der Waals surface area contributed by atoms with Crippen LogP contribution in [0.1, 0.15) is 21.9 Å². The first-order valence-electron chi connectivity index (χ1n) is 7.66. The topological polar surface area (TPSA) is 79.8 Å². The van der Waals surface area contributed by atoms with Gasteiger partial charge in [-0.3, -0.25) is 9.78 Å². The molecule has 0 saturated carbocycles. The number of nitrogens with one attached hydrogen (secondary N) is 2. The van der Waals surface area contributed by atoms with Gasteiger partial charge in [-0.1, -0.05) is 18.2 Å². The van der Waals surface area contributed by atoms with E-state index in [1.54, 1.807) is 25.4 Å². The fraction of sp³-hybridized carbons (Fsp3) is 0.111. The van der Waals surface area contributed by atoms with Gasteiger partial charge in [0.25, 0.3) is 5.91 Å². The van der Waals surface area contributed by atoms with Gasteiger partial charge in [0.15, 0.2) is 0 Å². The standard InChI is InChI=1S/C18H16BrN5O/c1-12-22-16(18(25)24-15-7-3-2-6-14(15)19)9-17(23-12)21-11-13-5-4-8-20-10-13/h2-10H,11H2,1H3,(H,24,25)(H,21,22,23). The van der Waals surface area contributed by atoms with Gasteiger partial charge in [0.05, 0.1) is 5.69 Å². The van der Waals surface area contributed by atoms with Crippen LogP contribution >= 0.6 is 15.9 Å². The second kappa shape index (κ2) is 7.85. The van der Waals surface area contributed by atoms with Crippen LogP contribution in [0.3, 0.4) is 0 Å². The van der Waals surface area contributed by atoms with E-state index in [0.717, 1.165) is 10.0 Å². The summed E-state index contributed by atoms with van der Waals surface area (Å²) in [5.74, 6) is 0.823. The molecule has 0 aliphatic carbocycles. The van der Waals surface area contributed by atoms with Gasteiger partial charge < -0.3 is 10.6 Å². The largest absolute Gasteiger partial charge is 0.366 e. The Morgan fingerprint density at radius 1 is 1.16 bits per heavy atom. The monoisotopic (exact) mass is 397 g/mol. The maximum absolute atomic E-state index is 12.5. The number of amides is 1. The number of aryl methyl sites for hydroxylation is 1. The highest BCUT2D eigenvalue weighted by Crippen LogP contribution is 2.22. The van der Waals surface area contributed by atoms with Crippen LogP contribution < -0.4 is 10.6 Å². The Bertz CT molecular complexity index is 886. The number of hydrogen-bond donors (Lipinski definition) is 2. The number of para-hydroxylation sites is 1. The van der Waals surface area contributed by atoms with Crippen molar-refractivity contribution in [1.29, 1.82) is 0 Å². The number of nitrogens with zero attached hydrogens (tertiary/aromatic N) is 3. The first-order valence-corrected chi connectivity index (χ1v) is 8.45. The van der Waals surface area contributed by atoms with E-state index < -0.39 is 0 Å². The third-order valence-corrected chi connectivity index (χ3v) is 4.08. The van der Waals surface area contributed by atoms with Crippen LogP contribution in [0, 0.1) is 6.92 Å². The van der Waals surface area contributed by atoms with Crippen LogP contribution in [-0.2, 0) is 6.54 Å². The lowest BCUT2D eigenvalue weighted by molar-refractivity contribution is 0.102. The molecule has 2 N–H and O–H groups in total. The van der Waals surface area contributed by atoms with E-state index in [0.29, 0.717) is 29.6 Å². The van der Waals surface area contributed by atoms with Crippen LogP contribution in [0.2, 0.25) is 0 Å². The number of pyridine rings is 1. The highest BCUT2D eigenvalue weighted by Gasteiger charge is 2.12. The summed E-state index contributed by atoms with van der Waals surface area (Å²) < 4.78 is 0.809. The van der Waals surface area contributed by atoms with Gasteiger partial charge >= 0.3 is 0 Å². The molecular formula is C18H16BrN5O. The maximum Gasteiger partial charge on any atom is 0.274 e. The van der Waals surface area contributed by atoms with Crippen molar-refractivity contribution in [3.05, 3.63) is 76.4 Å². The lowest BCUT2D eigenvalue weighted by atomic mass is 10.2. The van der Waals surface area contributed by atoms with Crippen molar-refractivity contribution < 1.29 is 4.79 Å². The first kappa shape index (κ1) is 17.0. The molecule has 25 heavy (non-hydrogen) atoms.